The molecule has 0 spiro atoms. The van der Waals surface area contributed by atoms with E-state index in [4.69, 9.17) is 4.74 Å². The Balaban J connectivity index is 1.62. The number of amides is 2. The number of benzene rings is 1. The molecule has 3 rings (SSSR count). The average Bonchev–Trinajstić information content (AvgIpc) is 3.57. The molecule has 4 N–H and O–H groups in total. The highest BCUT2D eigenvalue weighted by atomic mass is 16.6. The Morgan fingerprint density at radius 1 is 1.09 bits per heavy atom. The molecule has 1 fully saturated rings. The number of ketones is 1. The number of rotatable bonds is 10. The minimum Gasteiger partial charge on any atom is -0.394 e. The van der Waals surface area contributed by atoms with Crippen molar-refractivity contribution in [2.45, 2.75) is 57.2 Å². The highest BCUT2D eigenvalue weighted by Crippen LogP contribution is 2.30. The van der Waals surface area contributed by atoms with Gasteiger partial charge in [0, 0.05) is 6.08 Å². The van der Waals surface area contributed by atoms with Crippen LogP contribution in [0.5, 0.6) is 0 Å². The number of aliphatic hydroxyl groups excluding tert-OH is 2. The minimum absolute atomic E-state index is 0.0971. The van der Waals surface area contributed by atoms with Gasteiger partial charge in [-0.3, -0.25) is 14.4 Å². The third-order valence-corrected chi connectivity index (χ3v) is 5.94. The van der Waals surface area contributed by atoms with Gasteiger partial charge < -0.3 is 25.6 Å². The molecule has 8 nitrogen and oxygen atoms in total. The summed E-state index contributed by atoms with van der Waals surface area (Å²) in [6.07, 6.45) is 4.13. The van der Waals surface area contributed by atoms with E-state index in [1.165, 1.54) is 17.2 Å². The number of fused-ring (bicyclic) bond motifs is 1. The molecule has 1 aromatic rings. The summed E-state index contributed by atoms with van der Waals surface area (Å²) < 4.78 is 5.13. The van der Waals surface area contributed by atoms with Crippen LogP contribution in [0, 0.1) is 5.92 Å². The highest BCUT2D eigenvalue weighted by molar-refractivity contribution is 5.99. The van der Waals surface area contributed by atoms with Crippen molar-refractivity contribution >= 4 is 17.6 Å². The van der Waals surface area contributed by atoms with Crippen LogP contribution >= 0.6 is 0 Å². The van der Waals surface area contributed by atoms with E-state index in [0.717, 1.165) is 18.4 Å². The van der Waals surface area contributed by atoms with Crippen LogP contribution in [0.2, 0.25) is 0 Å². The molecule has 8 heteroatoms. The molecule has 1 heterocycles. The number of ether oxygens (including phenoxy) is 1. The lowest BCUT2D eigenvalue weighted by molar-refractivity contribution is -0.134. The van der Waals surface area contributed by atoms with E-state index in [2.05, 4.69) is 16.7 Å². The number of epoxide rings is 1. The van der Waals surface area contributed by atoms with Gasteiger partial charge in [0.15, 0.2) is 11.4 Å². The van der Waals surface area contributed by atoms with Gasteiger partial charge in [0.25, 0.3) is 0 Å². The fourth-order valence-corrected chi connectivity index (χ4v) is 4.01. The van der Waals surface area contributed by atoms with E-state index in [1.54, 1.807) is 0 Å². The van der Waals surface area contributed by atoms with Gasteiger partial charge in [-0.1, -0.05) is 43.7 Å². The van der Waals surface area contributed by atoms with E-state index < -0.39 is 48.5 Å². The summed E-state index contributed by atoms with van der Waals surface area (Å²) in [5.74, 6) is -1.41. The molecule has 2 amide bonds. The molecule has 2 aliphatic rings. The van der Waals surface area contributed by atoms with Crippen LogP contribution in [-0.4, -0.2) is 65.3 Å². The van der Waals surface area contributed by atoms with Crippen LogP contribution in [0.25, 0.3) is 0 Å². The van der Waals surface area contributed by atoms with Gasteiger partial charge in [0.05, 0.1) is 25.9 Å². The molecule has 174 valence electrons. The number of hydrogen-bond donors (Lipinski definition) is 4. The summed E-state index contributed by atoms with van der Waals surface area (Å²) in [6, 6.07) is 6.02. The zero-order valence-corrected chi connectivity index (χ0v) is 18.6. The summed E-state index contributed by atoms with van der Waals surface area (Å²) in [4.78, 5) is 38.0. The predicted octanol–water partition coefficient (Wildman–Crippen LogP) is 0.440. The smallest absolute Gasteiger partial charge is 0.245 e. The largest absolute Gasteiger partial charge is 0.394 e. The second kappa shape index (κ2) is 10.4. The summed E-state index contributed by atoms with van der Waals surface area (Å²) in [5, 5.41) is 24.3. The van der Waals surface area contributed by atoms with Crippen LogP contribution in [0.1, 0.15) is 37.8 Å². The number of allylic oxidation sites excluding steroid dienone is 1. The number of hydrogen-bond acceptors (Lipinski definition) is 6. The number of Topliss-reactive ketones (excluding diaryl/α,β-unsaturated/α-hetero) is 1. The summed E-state index contributed by atoms with van der Waals surface area (Å²) in [7, 11) is 0. The molecule has 1 aliphatic carbocycles. The lowest BCUT2D eigenvalue weighted by atomic mass is 9.88. The van der Waals surface area contributed by atoms with E-state index in [-0.39, 0.29) is 12.5 Å². The van der Waals surface area contributed by atoms with Crippen molar-refractivity contribution in [2.75, 3.05) is 19.8 Å². The van der Waals surface area contributed by atoms with E-state index >= 15 is 0 Å². The normalized spacial score (nSPS) is 22.7. The first-order valence-electron chi connectivity index (χ1n) is 11.0. The molecule has 32 heavy (non-hydrogen) atoms. The maximum absolute atomic E-state index is 12.8. The first kappa shape index (κ1) is 24.1. The van der Waals surface area contributed by atoms with E-state index in [9.17, 15) is 24.6 Å². The van der Waals surface area contributed by atoms with Crippen LogP contribution in [0.3, 0.4) is 0 Å². The van der Waals surface area contributed by atoms with Gasteiger partial charge in [-0.2, -0.15) is 0 Å². The van der Waals surface area contributed by atoms with Crippen LogP contribution in [-0.2, 0) is 32.0 Å². The molecule has 1 saturated heterocycles. The Hall–Kier alpha value is -2.55. The summed E-state index contributed by atoms with van der Waals surface area (Å²) >= 11 is 0. The SMILES string of the molecule is CC(C)CC(NC(=O)[C@H](CO)NC(=O)/C=C1\CCc2ccccc2C1)C(=O)C1(CO)CO1. The van der Waals surface area contributed by atoms with Crippen LogP contribution in [0.4, 0.5) is 0 Å². The first-order chi connectivity index (χ1) is 15.3. The van der Waals surface area contributed by atoms with E-state index in [1.807, 2.05) is 32.0 Å². The second-order valence-corrected chi connectivity index (χ2v) is 8.99. The monoisotopic (exact) mass is 444 g/mol. The lowest BCUT2D eigenvalue weighted by Gasteiger charge is -2.24. The molecule has 0 bridgehead atoms. The van der Waals surface area contributed by atoms with Gasteiger partial charge in [0.1, 0.15) is 6.04 Å². The quantitative estimate of drug-likeness (QED) is 0.306. The van der Waals surface area contributed by atoms with E-state index in [0.29, 0.717) is 12.8 Å². The Bertz CT molecular complexity index is 890. The molecular formula is C24H32N2O6. The Labute approximate surface area is 188 Å². The zero-order valence-electron chi connectivity index (χ0n) is 18.6. The molecule has 3 atom stereocenters. The van der Waals surface area contributed by atoms with Gasteiger partial charge >= 0.3 is 0 Å². The van der Waals surface area contributed by atoms with Crippen LogP contribution in [0.15, 0.2) is 35.9 Å². The predicted molar refractivity (Wildman–Crippen MR) is 118 cm³/mol. The van der Waals surface area contributed by atoms with Crippen molar-refractivity contribution in [3.8, 4) is 0 Å². The number of nitrogens with one attached hydrogen (secondary N) is 2. The molecule has 1 aliphatic heterocycles. The maximum Gasteiger partial charge on any atom is 0.245 e. The number of aryl methyl sites for hydroxylation is 1. The Morgan fingerprint density at radius 3 is 2.38 bits per heavy atom. The van der Waals surface area contributed by atoms with Crippen molar-refractivity contribution in [1.82, 2.24) is 10.6 Å². The zero-order chi connectivity index (χ0) is 23.3. The summed E-state index contributed by atoms with van der Waals surface area (Å²) in [6.45, 7) is 2.88. The highest BCUT2D eigenvalue weighted by Gasteiger charge is 2.54. The number of carbonyl (C=O) groups excluding carboxylic acids is 3. The molecule has 0 saturated carbocycles. The Morgan fingerprint density at radius 2 is 1.78 bits per heavy atom. The number of carbonyl (C=O) groups is 3. The molecule has 2 unspecified atom stereocenters. The molecule has 0 aromatic heterocycles. The maximum atomic E-state index is 12.8. The van der Waals surface area contributed by atoms with Crippen molar-refractivity contribution in [3.63, 3.8) is 0 Å². The van der Waals surface area contributed by atoms with Crippen molar-refractivity contribution < 1.29 is 29.3 Å². The average molecular weight is 445 g/mol. The topological polar surface area (TPSA) is 128 Å². The molecule has 1 aromatic carbocycles. The van der Waals surface area contributed by atoms with Gasteiger partial charge in [-0.15, -0.1) is 0 Å². The summed E-state index contributed by atoms with van der Waals surface area (Å²) in [5.41, 5.74) is 2.16. The van der Waals surface area contributed by atoms with Crippen molar-refractivity contribution in [2.24, 2.45) is 5.92 Å². The first-order valence-corrected chi connectivity index (χ1v) is 11.0. The van der Waals surface area contributed by atoms with Crippen molar-refractivity contribution in [1.29, 1.82) is 0 Å². The third-order valence-electron chi connectivity index (χ3n) is 5.94. The second-order valence-electron chi connectivity index (χ2n) is 8.99. The fourth-order valence-electron chi connectivity index (χ4n) is 4.01. The fraction of sp³-hybridized carbons (Fsp3) is 0.542. The van der Waals surface area contributed by atoms with Gasteiger partial charge in [-0.25, -0.2) is 0 Å². The van der Waals surface area contributed by atoms with Crippen LogP contribution < -0.4 is 10.6 Å². The van der Waals surface area contributed by atoms with Gasteiger partial charge in [-0.05, 0) is 42.7 Å². The molecule has 0 radical (unpaired) electrons. The lowest BCUT2D eigenvalue weighted by Crippen LogP contribution is -2.55. The minimum atomic E-state index is -1.26. The standard InChI is InChI=1S/C24H32N2O6/c1-15(2)9-19(22(30)24(13-28)14-32-24)26-23(31)20(12-27)25-21(29)11-16-7-8-17-5-3-4-6-18(17)10-16/h3-6,11,15,19-20,27-28H,7-10,12-14H2,1-2H3,(H,25,29)(H,26,31)/b16-11+/t19?,20-,24?/m0/s1. The third kappa shape index (κ3) is 5.82. The van der Waals surface area contributed by atoms with Crippen molar-refractivity contribution in [3.05, 3.63) is 47.0 Å². The number of aliphatic hydroxyl groups is 2. The molecular weight excluding hydrogens is 412 g/mol. The Kier molecular flexibility index (Phi) is 7.82. The van der Waals surface area contributed by atoms with Gasteiger partial charge in [0.2, 0.25) is 11.8 Å².